The third-order valence-corrected chi connectivity index (χ3v) is 4.82. The molecule has 0 aliphatic carbocycles. The van der Waals surface area contributed by atoms with Crippen LogP contribution in [0.5, 0.6) is 0 Å². The summed E-state index contributed by atoms with van der Waals surface area (Å²) in [7, 11) is 0. The molecule has 0 aromatic carbocycles. The molecule has 3 nitrogen and oxygen atoms in total. The van der Waals surface area contributed by atoms with Crippen molar-refractivity contribution in [3.05, 3.63) is 0 Å². The van der Waals surface area contributed by atoms with Crippen LogP contribution in [0.25, 0.3) is 0 Å². The van der Waals surface area contributed by atoms with Gasteiger partial charge in [-0.15, -0.1) is 0 Å². The van der Waals surface area contributed by atoms with E-state index >= 15 is 0 Å². The van der Waals surface area contributed by atoms with Crippen LogP contribution in [0.3, 0.4) is 0 Å². The molecule has 0 atom stereocenters. The fourth-order valence-electron chi connectivity index (χ4n) is 3.17. The third kappa shape index (κ3) is 16.1. The molecule has 3 heteroatoms. The minimum atomic E-state index is 0.00951. The first-order valence-corrected chi connectivity index (χ1v) is 10.8. The minimum absolute atomic E-state index is 0.00951. The molecule has 0 aromatic rings. The Hall–Kier alpha value is -0.730. The van der Waals surface area contributed by atoms with Crippen LogP contribution in [-0.4, -0.2) is 19.1 Å². The largest absolute Gasteiger partial charge is 0.338 e. The number of nitrogens with one attached hydrogen (secondary N) is 2. The first kappa shape index (κ1) is 23.3. The van der Waals surface area contributed by atoms with Gasteiger partial charge in [-0.3, -0.25) is 0 Å². The third-order valence-electron chi connectivity index (χ3n) is 4.82. The van der Waals surface area contributed by atoms with Gasteiger partial charge in [-0.25, -0.2) is 4.79 Å². The lowest BCUT2D eigenvalue weighted by atomic mass is 9.91. The number of hydrogen-bond acceptors (Lipinski definition) is 1. The van der Waals surface area contributed by atoms with E-state index in [0.29, 0.717) is 0 Å². The first-order valence-electron chi connectivity index (χ1n) is 10.8. The molecule has 0 aromatic heterocycles. The van der Waals surface area contributed by atoms with Crippen molar-refractivity contribution >= 4 is 6.03 Å². The van der Waals surface area contributed by atoms with Crippen LogP contribution in [0.4, 0.5) is 4.79 Å². The zero-order valence-electron chi connectivity index (χ0n) is 16.8. The SMILES string of the molecule is CCCCCCNC(=O)NCCCCCC(CCCC)CCCC. The van der Waals surface area contributed by atoms with Gasteiger partial charge in [0.2, 0.25) is 0 Å². The van der Waals surface area contributed by atoms with E-state index in [1.807, 2.05) is 0 Å². The van der Waals surface area contributed by atoms with E-state index in [9.17, 15) is 4.79 Å². The number of rotatable bonds is 17. The molecule has 2 amide bonds. The maximum absolute atomic E-state index is 11.6. The molecular weight excluding hydrogens is 296 g/mol. The van der Waals surface area contributed by atoms with E-state index in [4.69, 9.17) is 0 Å². The number of hydrogen-bond donors (Lipinski definition) is 2. The van der Waals surface area contributed by atoms with Crippen molar-refractivity contribution < 1.29 is 4.79 Å². The Morgan fingerprint density at radius 2 is 1.08 bits per heavy atom. The van der Waals surface area contributed by atoms with Crippen molar-refractivity contribution in [2.45, 2.75) is 111 Å². The molecule has 0 radical (unpaired) electrons. The maximum Gasteiger partial charge on any atom is 0.314 e. The van der Waals surface area contributed by atoms with Crippen molar-refractivity contribution in [2.24, 2.45) is 5.92 Å². The summed E-state index contributed by atoms with van der Waals surface area (Å²) in [5.41, 5.74) is 0. The summed E-state index contributed by atoms with van der Waals surface area (Å²) in [6.45, 7) is 8.41. The summed E-state index contributed by atoms with van der Waals surface area (Å²) in [6.07, 6.45) is 18.1. The number of urea groups is 1. The second kappa shape index (κ2) is 18.6. The first-order chi connectivity index (χ1) is 11.7. The molecule has 144 valence electrons. The standard InChI is InChI=1S/C21H44N2O/c1-4-7-10-13-18-22-21(24)23-19-14-11-12-17-20(15-8-5-2)16-9-6-3/h20H,4-19H2,1-3H3,(H2,22,23,24). The quantitative estimate of drug-likeness (QED) is 0.295. The topological polar surface area (TPSA) is 41.1 Å². The van der Waals surface area contributed by atoms with Crippen LogP contribution in [0, 0.1) is 5.92 Å². The molecule has 24 heavy (non-hydrogen) atoms. The molecule has 0 fully saturated rings. The Labute approximate surface area is 151 Å². The predicted octanol–water partition coefficient (Wildman–Crippen LogP) is 6.42. The summed E-state index contributed by atoms with van der Waals surface area (Å²) in [4.78, 5) is 11.6. The molecule has 0 spiro atoms. The monoisotopic (exact) mass is 340 g/mol. The van der Waals surface area contributed by atoms with Crippen LogP contribution in [-0.2, 0) is 0 Å². The van der Waals surface area contributed by atoms with Crippen LogP contribution < -0.4 is 10.6 Å². The fraction of sp³-hybridized carbons (Fsp3) is 0.952. The lowest BCUT2D eigenvalue weighted by Crippen LogP contribution is -2.36. The van der Waals surface area contributed by atoms with Gasteiger partial charge in [0, 0.05) is 13.1 Å². The van der Waals surface area contributed by atoms with Gasteiger partial charge in [0.15, 0.2) is 0 Å². The van der Waals surface area contributed by atoms with Gasteiger partial charge in [-0.1, -0.05) is 97.8 Å². The van der Waals surface area contributed by atoms with Crippen molar-refractivity contribution in [2.75, 3.05) is 13.1 Å². The van der Waals surface area contributed by atoms with E-state index in [1.54, 1.807) is 0 Å². The Morgan fingerprint density at radius 3 is 1.58 bits per heavy atom. The van der Waals surface area contributed by atoms with Gasteiger partial charge in [-0.05, 0) is 18.8 Å². The summed E-state index contributed by atoms with van der Waals surface area (Å²) < 4.78 is 0. The van der Waals surface area contributed by atoms with E-state index in [0.717, 1.165) is 31.8 Å². The Balaban J connectivity index is 3.50. The van der Waals surface area contributed by atoms with Gasteiger partial charge < -0.3 is 10.6 Å². The van der Waals surface area contributed by atoms with Gasteiger partial charge >= 0.3 is 6.03 Å². The van der Waals surface area contributed by atoms with Crippen LogP contribution in [0.15, 0.2) is 0 Å². The zero-order valence-corrected chi connectivity index (χ0v) is 16.8. The maximum atomic E-state index is 11.6. The normalized spacial score (nSPS) is 11.0. The van der Waals surface area contributed by atoms with Gasteiger partial charge in [0.05, 0.1) is 0 Å². The van der Waals surface area contributed by atoms with Crippen molar-refractivity contribution in [1.82, 2.24) is 10.6 Å². The molecule has 0 aliphatic heterocycles. The molecule has 2 N–H and O–H groups in total. The zero-order chi connectivity index (χ0) is 17.9. The van der Waals surface area contributed by atoms with Crippen LogP contribution in [0.2, 0.25) is 0 Å². The Kier molecular flexibility index (Phi) is 18.0. The molecule has 0 unspecified atom stereocenters. The minimum Gasteiger partial charge on any atom is -0.338 e. The average Bonchev–Trinajstić information content (AvgIpc) is 2.59. The Morgan fingerprint density at radius 1 is 0.625 bits per heavy atom. The summed E-state index contributed by atoms with van der Waals surface area (Å²) >= 11 is 0. The molecule has 0 rings (SSSR count). The summed E-state index contributed by atoms with van der Waals surface area (Å²) in [5, 5.41) is 5.93. The highest BCUT2D eigenvalue weighted by molar-refractivity contribution is 5.73. The van der Waals surface area contributed by atoms with Gasteiger partial charge in [0.1, 0.15) is 0 Å². The van der Waals surface area contributed by atoms with E-state index in [-0.39, 0.29) is 6.03 Å². The highest BCUT2D eigenvalue weighted by Gasteiger charge is 2.07. The Bertz CT molecular complexity index is 261. The van der Waals surface area contributed by atoms with Crippen molar-refractivity contribution in [1.29, 1.82) is 0 Å². The molecule has 0 heterocycles. The van der Waals surface area contributed by atoms with E-state index < -0.39 is 0 Å². The molecular formula is C21H44N2O. The van der Waals surface area contributed by atoms with Crippen molar-refractivity contribution in [3.63, 3.8) is 0 Å². The van der Waals surface area contributed by atoms with E-state index in [1.165, 1.54) is 77.0 Å². The average molecular weight is 341 g/mol. The summed E-state index contributed by atoms with van der Waals surface area (Å²) in [6, 6.07) is 0.00951. The second-order valence-electron chi connectivity index (χ2n) is 7.24. The molecule has 0 aliphatic rings. The van der Waals surface area contributed by atoms with Crippen molar-refractivity contribution in [3.8, 4) is 0 Å². The molecule has 0 bridgehead atoms. The van der Waals surface area contributed by atoms with Gasteiger partial charge in [0.25, 0.3) is 0 Å². The summed E-state index contributed by atoms with van der Waals surface area (Å²) in [5.74, 6) is 0.935. The highest BCUT2D eigenvalue weighted by atomic mass is 16.2. The highest BCUT2D eigenvalue weighted by Crippen LogP contribution is 2.22. The number of carbonyl (C=O) groups excluding carboxylic acids is 1. The lowest BCUT2D eigenvalue weighted by molar-refractivity contribution is 0.240. The molecule has 0 saturated carbocycles. The van der Waals surface area contributed by atoms with E-state index in [2.05, 4.69) is 31.4 Å². The van der Waals surface area contributed by atoms with Gasteiger partial charge in [-0.2, -0.15) is 0 Å². The predicted molar refractivity (Wildman–Crippen MR) is 107 cm³/mol. The fourth-order valence-corrected chi connectivity index (χ4v) is 3.17. The van der Waals surface area contributed by atoms with Crippen LogP contribution in [0.1, 0.15) is 111 Å². The number of unbranched alkanes of at least 4 members (excludes halogenated alkanes) is 7. The number of carbonyl (C=O) groups is 1. The lowest BCUT2D eigenvalue weighted by Gasteiger charge is -2.16. The smallest absolute Gasteiger partial charge is 0.314 e. The number of amides is 2. The molecule has 0 saturated heterocycles. The second-order valence-corrected chi connectivity index (χ2v) is 7.24. The van der Waals surface area contributed by atoms with Crippen LogP contribution >= 0.6 is 0 Å².